The molecule has 1 aromatic rings. The molecule has 0 bridgehead atoms. The van der Waals surface area contributed by atoms with Crippen LogP contribution >= 0.6 is 22.6 Å². The first-order valence-electron chi connectivity index (χ1n) is 8.04. The van der Waals surface area contributed by atoms with Crippen molar-refractivity contribution in [3.05, 3.63) is 45.6 Å². The van der Waals surface area contributed by atoms with Crippen molar-refractivity contribution >= 4 is 28.5 Å². The summed E-state index contributed by atoms with van der Waals surface area (Å²) in [6, 6.07) is 7.84. The summed E-state index contributed by atoms with van der Waals surface area (Å²) in [6.45, 7) is -0.0908. The molecule has 2 rings (SSSR count). The monoisotopic (exact) mass is 545 g/mol. The third-order valence-electron chi connectivity index (χ3n) is 4.37. The molecular formula is C17H13F9INO. The van der Waals surface area contributed by atoms with Crippen molar-refractivity contribution in [1.82, 2.24) is 5.32 Å². The van der Waals surface area contributed by atoms with E-state index in [0.29, 0.717) is 5.56 Å². The fourth-order valence-corrected chi connectivity index (χ4v) is 3.48. The van der Waals surface area contributed by atoms with E-state index in [4.69, 9.17) is 0 Å². The lowest BCUT2D eigenvalue weighted by Crippen LogP contribution is -2.53. The van der Waals surface area contributed by atoms with Crippen molar-refractivity contribution in [2.24, 2.45) is 0 Å². The first kappa shape index (κ1) is 23.8. The van der Waals surface area contributed by atoms with Gasteiger partial charge in [0.05, 0.1) is 0 Å². The van der Waals surface area contributed by atoms with Gasteiger partial charge in [0.15, 0.2) is 0 Å². The molecule has 12 heteroatoms. The minimum Gasteiger partial charge on any atom is -0.352 e. The number of alkyl halides is 9. The minimum absolute atomic E-state index is 0.0760. The van der Waals surface area contributed by atoms with Gasteiger partial charge in [-0.3, -0.25) is 4.79 Å². The van der Waals surface area contributed by atoms with Gasteiger partial charge in [-0.1, -0.05) is 18.2 Å². The molecule has 0 aliphatic heterocycles. The predicted molar refractivity (Wildman–Crippen MR) is 93.7 cm³/mol. The highest BCUT2D eigenvalue weighted by atomic mass is 127. The van der Waals surface area contributed by atoms with Crippen molar-refractivity contribution in [3.63, 3.8) is 0 Å². The van der Waals surface area contributed by atoms with Gasteiger partial charge < -0.3 is 5.32 Å². The Morgan fingerprint density at radius 3 is 1.83 bits per heavy atom. The first-order chi connectivity index (χ1) is 13.1. The van der Waals surface area contributed by atoms with E-state index < -0.39 is 51.3 Å². The van der Waals surface area contributed by atoms with Crippen LogP contribution in [-0.2, 0) is 0 Å². The van der Waals surface area contributed by atoms with Gasteiger partial charge in [-0.2, -0.15) is 35.1 Å². The molecular weight excluding hydrogens is 532 g/mol. The number of carbonyl (C=O) groups excluding carboxylic acids is 1. The lowest BCUT2D eigenvalue weighted by atomic mass is 9.96. The lowest BCUT2D eigenvalue weighted by Gasteiger charge is -2.28. The second-order valence-corrected chi connectivity index (χ2v) is 7.71. The zero-order valence-corrected chi connectivity index (χ0v) is 16.4. The predicted octanol–water partition coefficient (Wildman–Crippen LogP) is 5.78. The number of hydrogen-bond donors (Lipinski definition) is 1. The average Bonchev–Trinajstić information content (AvgIpc) is 2.68. The van der Waals surface area contributed by atoms with Crippen molar-refractivity contribution < 1.29 is 44.3 Å². The van der Waals surface area contributed by atoms with Gasteiger partial charge in [-0.05, 0) is 57.2 Å². The van der Waals surface area contributed by atoms with Gasteiger partial charge in [-0.15, -0.1) is 0 Å². The van der Waals surface area contributed by atoms with Gasteiger partial charge in [0.25, 0.3) is 11.6 Å². The Morgan fingerprint density at radius 2 is 1.34 bits per heavy atom. The largest absolute Gasteiger partial charge is 0.382 e. The summed E-state index contributed by atoms with van der Waals surface area (Å²) in [7, 11) is 0. The molecule has 1 amide bonds. The Bertz CT molecular complexity index is 769. The fourth-order valence-electron chi connectivity index (χ4n) is 2.67. The molecule has 0 saturated heterocycles. The second kappa shape index (κ2) is 7.65. The smallest absolute Gasteiger partial charge is 0.352 e. The zero-order chi connectivity index (χ0) is 22.3. The Hall–Kier alpha value is -1.47. The second-order valence-electron chi connectivity index (χ2n) is 6.33. The number of carbonyl (C=O) groups is 1. The molecule has 29 heavy (non-hydrogen) atoms. The van der Waals surface area contributed by atoms with E-state index in [2.05, 4.69) is 5.32 Å². The van der Waals surface area contributed by atoms with Gasteiger partial charge in [0.2, 0.25) is 0 Å². The van der Waals surface area contributed by atoms with E-state index in [1.165, 1.54) is 12.1 Å². The SMILES string of the molecule is O=C(NCCCC(I)=CC1(F)C(F)(F)C(F)(F)C(F)(F)C1(F)F)c1ccccc1. The standard InChI is InChI=1S/C17H13F9INO/c18-13(14(19,20)16(23,24)17(25,26)15(13,21)22)9-11(27)7-4-8-28-12(29)10-5-2-1-3-6-10/h1-3,5-6,9H,4,7-8H2,(H,28,29). The quantitative estimate of drug-likeness (QED) is 0.274. The third-order valence-corrected chi connectivity index (χ3v) is 5.22. The molecule has 2 nitrogen and oxygen atoms in total. The molecule has 0 heterocycles. The molecule has 0 aromatic heterocycles. The Kier molecular flexibility index (Phi) is 6.28. The van der Waals surface area contributed by atoms with Crippen LogP contribution in [0.15, 0.2) is 40.0 Å². The normalized spacial score (nSPS) is 23.6. The Labute approximate surface area is 172 Å². The van der Waals surface area contributed by atoms with E-state index in [1.807, 2.05) is 0 Å². The van der Waals surface area contributed by atoms with E-state index in [0.717, 1.165) is 22.6 Å². The first-order valence-corrected chi connectivity index (χ1v) is 9.12. The van der Waals surface area contributed by atoms with Gasteiger partial charge in [-0.25, -0.2) is 4.39 Å². The maximum Gasteiger partial charge on any atom is 0.382 e. The van der Waals surface area contributed by atoms with Crippen molar-refractivity contribution in [1.29, 1.82) is 0 Å². The number of nitrogens with one attached hydrogen (secondary N) is 1. The number of halogens is 10. The van der Waals surface area contributed by atoms with Crippen LogP contribution in [-0.4, -0.2) is 41.8 Å². The summed E-state index contributed by atoms with van der Waals surface area (Å²) >= 11 is 1.12. The van der Waals surface area contributed by atoms with E-state index >= 15 is 0 Å². The fraction of sp³-hybridized carbons (Fsp3) is 0.471. The summed E-state index contributed by atoms with van der Waals surface area (Å²) in [4.78, 5) is 11.8. The number of hydrogen-bond acceptors (Lipinski definition) is 1. The highest BCUT2D eigenvalue weighted by molar-refractivity contribution is 14.1. The number of allylic oxidation sites excluding steroid dienone is 2. The van der Waals surface area contributed by atoms with Crippen LogP contribution < -0.4 is 5.32 Å². The molecule has 1 N–H and O–H groups in total. The van der Waals surface area contributed by atoms with Crippen LogP contribution in [0.25, 0.3) is 0 Å². The summed E-state index contributed by atoms with van der Waals surface area (Å²) in [6.07, 6.45) is -1.06. The molecule has 162 valence electrons. The van der Waals surface area contributed by atoms with Crippen LogP contribution in [0.1, 0.15) is 23.2 Å². The van der Waals surface area contributed by atoms with Crippen LogP contribution in [0, 0.1) is 0 Å². The van der Waals surface area contributed by atoms with E-state index in [1.54, 1.807) is 18.2 Å². The van der Waals surface area contributed by atoms with Crippen LogP contribution in [0.2, 0.25) is 0 Å². The molecule has 0 spiro atoms. The molecule has 1 aliphatic carbocycles. The summed E-state index contributed by atoms with van der Waals surface area (Å²) < 4.78 is 121. The zero-order valence-electron chi connectivity index (χ0n) is 14.3. The van der Waals surface area contributed by atoms with Crippen molar-refractivity contribution in [3.8, 4) is 0 Å². The Balaban J connectivity index is 2.09. The van der Waals surface area contributed by atoms with Crippen LogP contribution in [0.4, 0.5) is 39.5 Å². The van der Waals surface area contributed by atoms with Crippen molar-refractivity contribution in [2.45, 2.75) is 42.2 Å². The topological polar surface area (TPSA) is 29.1 Å². The van der Waals surface area contributed by atoms with Crippen LogP contribution in [0.3, 0.4) is 0 Å². The highest BCUT2D eigenvalue weighted by Crippen LogP contribution is 2.69. The molecule has 1 aromatic carbocycles. The number of rotatable bonds is 6. The molecule has 1 aliphatic rings. The maximum atomic E-state index is 14.4. The summed E-state index contributed by atoms with van der Waals surface area (Å²) in [5.41, 5.74) is -5.29. The van der Waals surface area contributed by atoms with E-state index in [9.17, 15) is 44.3 Å². The Morgan fingerprint density at radius 1 is 0.862 bits per heavy atom. The third kappa shape index (κ3) is 3.50. The minimum atomic E-state index is -6.59. The van der Waals surface area contributed by atoms with Crippen molar-refractivity contribution in [2.75, 3.05) is 6.54 Å². The summed E-state index contributed by atoms with van der Waals surface area (Å²) in [5.74, 6) is -26.4. The van der Waals surface area contributed by atoms with Gasteiger partial charge in [0, 0.05) is 12.1 Å². The molecule has 1 fully saturated rings. The molecule has 0 unspecified atom stereocenters. The molecule has 1 saturated carbocycles. The maximum absolute atomic E-state index is 14.4. The van der Waals surface area contributed by atoms with Crippen LogP contribution in [0.5, 0.6) is 0 Å². The molecule has 0 atom stereocenters. The van der Waals surface area contributed by atoms with Gasteiger partial charge >= 0.3 is 23.7 Å². The highest BCUT2D eigenvalue weighted by Gasteiger charge is 3.00. The van der Waals surface area contributed by atoms with E-state index in [-0.39, 0.29) is 13.0 Å². The molecule has 0 radical (unpaired) electrons. The number of amides is 1. The average molecular weight is 545 g/mol. The van der Waals surface area contributed by atoms with Gasteiger partial charge in [0.1, 0.15) is 0 Å². The number of benzene rings is 1. The lowest BCUT2D eigenvalue weighted by molar-refractivity contribution is -0.303. The summed E-state index contributed by atoms with van der Waals surface area (Å²) in [5, 5.41) is 2.42.